The summed E-state index contributed by atoms with van der Waals surface area (Å²) in [6.45, 7) is 6.52. The minimum absolute atomic E-state index is 0.0314. The van der Waals surface area contributed by atoms with Crippen molar-refractivity contribution in [2.24, 2.45) is 11.1 Å². The number of aliphatic hydroxyl groups is 1. The van der Waals surface area contributed by atoms with Crippen LogP contribution >= 0.6 is 23.2 Å². The van der Waals surface area contributed by atoms with Crippen molar-refractivity contribution in [2.45, 2.75) is 63.6 Å². The van der Waals surface area contributed by atoms with E-state index in [0.29, 0.717) is 31.4 Å². The van der Waals surface area contributed by atoms with Crippen LogP contribution in [-0.2, 0) is 10.3 Å². The Morgan fingerprint density at radius 1 is 1.14 bits per heavy atom. The summed E-state index contributed by atoms with van der Waals surface area (Å²) in [7, 11) is 0. The third-order valence-corrected chi connectivity index (χ3v) is 7.01. The Labute approximate surface area is 215 Å². The van der Waals surface area contributed by atoms with Crippen LogP contribution in [0.2, 0.25) is 10.0 Å². The minimum atomic E-state index is -1.38. The predicted molar refractivity (Wildman–Crippen MR) is 136 cm³/mol. The van der Waals surface area contributed by atoms with Crippen molar-refractivity contribution in [3.8, 4) is 0 Å². The second-order valence-electron chi connectivity index (χ2n) is 10.4. The number of unbranched alkanes of at least 4 members (excludes halogenated alkanes) is 1. The zero-order chi connectivity index (χ0) is 26.0. The van der Waals surface area contributed by atoms with Crippen LogP contribution < -0.4 is 16.4 Å². The average molecular weight is 528 g/mol. The van der Waals surface area contributed by atoms with E-state index in [9.17, 15) is 9.18 Å². The first kappa shape index (κ1) is 27.8. The lowest BCUT2D eigenvalue weighted by atomic mass is 9.68. The third-order valence-electron chi connectivity index (χ3n) is 6.49. The molecule has 1 heterocycles. The highest BCUT2D eigenvalue weighted by atomic mass is 35.5. The largest absolute Gasteiger partial charge is 0.396 e. The summed E-state index contributed by atoms with van der Waals surface area (Å²) in [4.78, 5) is 13.4. The van der Waals surface area contributed by atoms with Crippen molar-refractivity contribution in [1.82, 2.24) is 10.6 Å². The molecule has 5 nitrogen and oxygen atoms in total. The van der Waals surface area contributed by atoms with E-state index >= 15 is 4.39 Å². The second kappa shape index (κ2) is 11.1. The molecule has 0 aliphatic carbocycles. The second-order valence-corrected chi connectivity index (χ2v) is 11.2. The van der Waals surface area contributed by atoms with E-state index in [1.165, 1.54) is 24.3 Å². The van der Waals surface area contributed by atoms with Gasteiger partial charge in [0.2, 0.25) is 5.91 Å². The molecule has 2 aromatic carbocycles. The van der Waals surface area contributed by atoms with E-state index in [1.807, 2.05) is 20.8 Å². The Bertz CT molecular complexity index is 1060. The maximum atomic E-state index is 15.4. The van der Waals surface area contributed by atoms with Gasteiger partial charge in [-0.05, 0) is 54.5 Å². The quantitative estimate of drug-likeness (QED) is 0.368. The third kappa shape index (κ3) is 6.15. The van der Waals surface area contributed by atoms with Crippen LogP contribution in [0.3, 0.4) is 0 Å². The summed E-state index contributed by atoms with van der Waals surface area (Å²) in [5.74, 6) is -2.25. The zero-order valence-corrected chi connectivity index (χ0v) is 21.7. The molecule has 0 saturated carbocycles. The standard InChI is InChI=1S/C26H33Cl2F2N3O2/c1-25(2,3)14-21-26(31,17-8-7-16(27)13-20(17)30)22(15-6-9-19(29)18(28)12-15)23(33-21)24(35)32-10-4-5-11-34/h6-9,12-13,21-23,33-34H,4-5,10-11,14,31H2,1-3H3,(H,32,35)/t21-,22-,23+,26+/m0/s1. The van der Waals surface area contributed by atoms with Gasteiger partial charge in [-0.1, -0.05) is 56.1 Å². The molecule has 0 unspecified atom stereocenters. The lowest BCUT2D eigenvalue weighted by Gasteiger charge is -2.39. The molecule has 2 aromatic rings. The van der Waals surface area contributed by atoms with E-state index in [-0.39, 0.29) is 33.5 Å². The van der Waals surface area contributed by atoms with Crippen molar-refractivity contribution >= 4 is 29.1 Å². The molecule has 35 heavy (non-hydrogen) atoms. The summed E-state index contributed by atoms with van der Waals surface area (Å²) in [5.41, 5.74) is 6.31. The maximum Gasteiger partial charge on any atom is 0.237 e. The van der Waals surface area contributed by atoms with Crippen LogP contribution in [0, 0.1) is 17.0 Å². The molecule has 0 radical (unpaired) electrons. The van der Waals surface area contributed by atoms with Crippen LogP contribution in [0.15, 0.2) is 36.4 Å². The molecule has 0 aromatic heterocycles. The number of hydrogen-bond donors (Lipinski definition) is 4. The van der Waals surface area contributed by atoms with Crippen LogP contribution in [0.4, 0.5) is 8.78 Å². The highest BCUT2D eigenvalue weighted by Gasteiger charge is 2.57. The van der Waals surface area contributed by atoms with Gasteiger partial charge in [-0.2, -0.15) is 0 Å². The van der Waals surface area contributed by atoms with Crippen LogP contribution in [-0.4, -0.2) is 36.2 Å². The number of carbonyl (C=O) groups is 1. The smallest absolute Gasteiger partial charge is 0.237 e. The number of carbonyl (C=O) groups excluding carboxylic acids is 1. The molecule has 5 N–H and O–H groups in total. The number of nitrogens with one attached hydrogen (secondary N) is 2. The number of halogens is 4. The Morgan fingerprint density at radius 2 is 1.86 bits per heavy atom. The van der Waals surface area contributed by atoms with Crippen molar-refractivity contribution in [1.29, 1.82) is 0 Å². The SMILES string of the molecule is CC(C)(C)C[C@@H]1N[C@@H](C(=O)NCCCCO)[C@H](c2ccc(F)c(Cl)c2)[C@@]1(N)c1ccc(Cl)cc1F. The fourth-order valence-corrected chi connectivity index (χ4v) is 5.29. The predicted octanol–water partition coefficient (Wildman–Crippen LogP) is 4.87. The summed E-state index contributed by atoms with van der Waals surface area (Å²) in [6.07, 6.45) is 1.69. The molecular weight excluding hydrogens is 495 g/mol. The first-order valence-corrected chi connectivity index (χ1v) is 12.5. The van der Waals surface area contributed by atoms with Gasteiger partial charge in [0.15, 0.2) is 0 Å². The lowest BCUT2D eigenvalue weighted by molar-refractivity contribution is -0.123. The Morgan fingerprint density at radius 3 is 2.46 bits per heavy atom. The molecule has 4 atom stereocenters. The molecule has 1 fully saturated rings. The van der Waals surface area contributed by atoms with Gasteiger partial charge in [0.25, 0.3) is 0 Å². The number of hydrogen-bond acceptors (Lipinski definition) is 4. The summed E-state index contributed by atoms with van der Waals surface area (Å²) in [5, 5.41) is 15.4. The average Bonchev–Trinajstić information content (AvgIpc) is 3.04. The Balaban J connectivity index is 2.16. The monoisotopic (exact) mass is 527 g/mol. The summed E-state index contributed by atoms with van der Waals surface area (Å²) in [6, 6.07) is 7.20. The Hall–Kier alpha value is -1.77. The van der Waals surface area contributed by atoms with Gasteiger partial charge in [-0.15, -0.1) is 0 Å². The van der Waals surface area contributed by atoms with Gasteiger partial charge >= 0.3 is 0 Å². The van der Waals surface area contributed by atoms with Crippen molar-refractivity contribution < 1.29 is 18.7 Å². The molecule has 3 rings (SSSR count). The highest BCUT2D eigenvalue weighted by Crippen LogP contribution is 2.49. The molecule has 1 amide bonds. The number of rotatable bonds is 8. The first-order chi connectivity index (χ1) is 16.4. The van der Waals surface area contributed by atoms with Gasteiger partial charge in [0.1, 0.15) is 11.6 Å². The van der Waals surface area contributed by atoms with Crippen LogP contribution in [0.1, 0.15) is 57.1 Å². The molecule has 1 aliphatic rings. The molecule has 1 saturated heterocycles. The fraction of sp³-hybridized carbons (Fsp3) is 0.500. The van der Waals surface area contributed by atoms with Crippen LogP contribution in [0.5, 0.6) is 0 Å². The van der Waals surface area contributed by atoms with E-state index in [4.69, 9.17) is 34.0 Å². The van der Waals surface area contributed by atoms with Gasteiger partial charge in [0.05, 0.1) is 16.6 Å². The van der Waals surface area contributed by atoms with Gasteiger partial charge in [0, 0.05) is 35.7 Å². The summed E-state index contributed by atoms with van der Waals surface area (Å²) < 4.78 is 29.4. The number of benzene rings is 2. The first-order valence-electron chi connectivity index (χ1n) is 11.7. The summed E-state index contributed by atoms with van der Waals surface area (Å²) >= 11 is 12.1. The zero-order valence-electron chi connectivity index (χ0n) is 20.2. The normalized spacial score (nSPS) is 24.5. The van der Waals surface area contributed by atoms with E-state index in [1.54, 1.807) is 12.1 Å². The lowest BCUT2D eigenvalue weighted by Crippen LogP contribution is -2.52. The molecule has 9 heteroatoms. The van der Waals surface area contributed by atoms with Crippen LogP contribution in [0.25, 0.3) is 0 Å². The van der Waals surface area contributed by atoms with Crippen molar-refractivity contribution in [2.75, 3.05) is 13.2 Å². The Kier molecular flexibility index (Phi) is 8.82. The number of amides is 1. The van der Waals surface area contributed by atoms with Gasteiger partial charge < -0.3 is 21.5 Å². The van der Waals surface area contributed by atoms with Crippen molar-refractivity contribution in [3.05, 3.63) is 69.2 Å². The van der Waals surface area contributed by atoms with Crippen molar-refractivity contribution in [3.63, 3.8) is 0 Å². The molecule has 192 valence electrons. The molecular formula is C26H33Cl2F2N3O2. The molecule has 0 bridgehead atoms. The van der Waals surface area contributed by atoms with Gasteiger partial charge in [-0.3, -0.25) is 4.79 Å². The molecule has 0 spiro atoms. The van der Waals surface area contributed by atoms with Gasteiger partial charge in [-0.25, -0.2) is 8.78 Å². The highest BCUT2D eigenvalue weighted by molar-refractivity contribution is 6.31. The van der Waals surface area contributed by atoms with E-state index < -0.39 is 35.2 Å². The number of nitrogens with two attached hydrogens (primary N) is 1. The fourth-order valence-electron chi connectivity index (χ4n) is 4.94. The molecule has 1 aliphatic heterocycles. The number of aliphatic hydroxyl groups excluding tert-OH is 1. The van der Waals surface area contributed by atoms with E-state index in [0.717, 1.165) is 0 Å². The maximum absolute atomic E-state index is 15.4. The topological polar surface area (TPSA) is 87.4 Å². The van der Waals surface area contributed by atoms with E-state index in [2.05, 4.69) is 10.6 Å². The minimum Gasteiger partial charge on any atom is -0.396 e.